The fourth-order valence-corrected chi connectivity index (χ4v) is 3.58. The molecule has 2 aliphatic rings. The lowest BCUT2D eigenvalue weighted by Crippen LogP contribution is -2.24. The predicted molar refractivity (Wildman–Crippen MR) is 103 cm³/mol. The summed E-state index contributed by atoms with van der Waals surface area (Å²) in [6, 6.07) is 6.27. The van der Waals surface area contributed by atoms with Gasteiger partial charge < -0.3 is 15.4 Å². The number of benzene rings is 1. The Labute approximate surface area is 159 Å². The van der Waals surface area contributed by atoms with Crippen LogP contribution in [0.25, 0.3) is 22.0 Å². The molecule has 3 heterocycles. The lowest BCUT2D eigenvalue weighted by atomic mass is 9.99. The van der Waals surface area contributed by atoms with Crippen molar-refractivity contribution < 1.29 is 13.9 Å². The number of rotatable bonds is 3. The minimum Gasteiger partial charge on any atom is -0.481 e. The summed E-state index contributed by atoms with van der Waals surface area (Å²) >= 11 is 0. The summed E-state index contributed by atoms with van der Waals surface area (Å²) in [7, 11) is 1.52. The first-order valence-corrected chi connectivity index (χ1v) is 8.69. The quantitative estimate of drug-likeness (QED) is 0.760. The molecule has 1 aromatic carbocycles. The monoisotopic (exact) mass is 374 g/mol. The number of hydrogen-bond acceptors (Lipinski definition) is 5. The van der Waals surface area contributed by atoms with Crippen LogP contribution in [0.4, 0.5) is 10.1 Å². The second-order valence-electron chi connectivity index (χ2n) is 6.60. The van der Waals surface area contributed by atoms with Crippen LogP contribution in [0.2, 0.25) is 0 Å². The molecule has 0 saturated heterocycles. The van der Waals surface area contributed by atoms with Crippen LogP contribution in [0.1, 0.15) is 16.1 Å². The van der Waals surface area contributed by atoms with Gasteiger partial charge in [0.15, 0.2) is 0 Å². The molecular formula is C21H15FN4O2. The van der Waals surface area contributed by atoms with E-state index >= 15 is 0 Å². The van der Waals surface area contributed by atoms with Gasteiger partial charge in [0.1, 0.15) is 5.82 Å². The Balaban J connectivity index is 1.72. The molecule has 0 bridgehead atoms. The molecule has 1 aliphatic carbocycles. The molecular weight excluding hydrogens is 359 g/mol. The molecule has 138 valence electrons. The highest BCUT2D eigenvalue weighted by Crippen LogP contribution is 2.39. The molecule has 0 fully saturated rings. The number of carbonyl (C=O) groups excluding carboxylic acids is 1. The van der Waals surface area contributed by atoms with Crippen molar-refractivity contribution in [2.24, 2.45) is 0 Å². The summed E-state index contributed by atoms with van der Waals surface area (Å²) in [6.45, 7) is 0.307. The highest BCUT2D eigenvalue weighted by atomic mass is 19.1. The number of fused-ring (bicyclic) bond motifs is 2. The van der Waals surface area contributed by atoms with Crippen molar-refractivity contribution in [3.8, 4) is 17.0 Å². The molecule has 0 spiro atoms. The molecule has 0 atom stereocenters. The number of methoxy groups -OCH3 is 1. The van der Waals surface area contributed by atoms with Gasteiger partial charge in [0.05, 0.1) is 36.1 Å². The van der Waals surface area contributed by atoms with Crippen molar-refractivity contribution in [1.82, 2.24) is 14.9 Å². The molecule has 2 N–H and O–H groups in total. The van der Waals surface area contributed by atoms with E-state index in [1.54, 1.807) is 23.1 Å². The van der Waals surface area contributed by atoms with Gasteiger partial charge in [-0.2, -0.15) is 0 Å². The van der Waals surface area contributed by atoms with Gasteiger partial charge in [-0.15, -0.1) is 0 Å². The van der Waals surface area contributed by atoms with E-state index in [0.29, 0.717) is 51.4 Å². The van der Waals surface area contributed by atoms with E-state index in [2.05, 4.69) is 9.97 Å². The number of ether oxygens (including phenoxy) is 1. The molecule has 0 radical (unpaired) electrons. The van der Waals surface area contributed by atoms with Crippen molar-refractivity contribution in [3.05, 3.63) is 71.5 Å². The van der Waals surface area contributed by atoms with Crippen molar-refractivity contribution in [1.29, 1.82) is 0 Å². The van der Waals surface area contributed by atoms with Crippen molar-refractivity contribution in [3.63, 3.8) is 0 Å². The maximum absolute atomic E-state index is 14.8. The Morgan fingerprint density at radius 1 is 1.21 bits per heavy atom. The SMILES string of the molecule is COc1ccc(-c2c(F)ccc3c(N)c4c(nc23)CN(C2=CC=C2)C4=O)cn1. The van der Waals surface area contributed by atoms with Crippen LogP contribution >= 0.6 is 0 Å². The number of pyridine rings is 2. The first-order chi connectivity index (χ1) is 13.6. The number of anilines is 1. The summed E-state index contributed by atoms with van der Waals surface area (Å²) in [5, 5.41) is 0.541. The Kier molecular flexibility index (Phi) is 3.45. The van der Waals surface area contributed by atoms with E-state index in [9.17, 15) is 9.18 Å². The van der Waals surface area contributed by atoms with Crippen LogP contribution in [-0.2, 0) is 6.54 Å². The minimum atomic E-state index is -0.433. The molecule has 5 rings (SSSR count). The van der Waals surface area contributed by atoms with Crippen LogP contribution < -0.4 is 10.5 Å². The van der Waals surface area contributed by atoms with E-state index < -0.39 is 5.82 Å². The van der Waals surface area contributed by atoms with E-state index in [1.165, 1.54) is 19.4 Å². The third kappa shape index (κ3) is 2.22. The zero-order chi connectivity index (χ0) is 19.4. The number of halogens is 1. The van der Waals surface area contributed by atoms with Crippen LogP contribution in [0.3, 0.4) is 0 Å². The average molecular weight is 374 g/mol. The number of nitrogen functional groups attached to an aromatic ring is 1. The first kappa shape index (κ1) is 16.4. The van der Waals surface area contributed by atoms with Gasteiger partial charge in [0.25, 0.3) is 5.91 Å². The molecule has 3 aromatic rings. The highest BCUT2D eigenvalue weighted by Gasteiger charge is 2.34. The van der Waals surface area contributed by atoms with Crippen LogP contribution in [0.5, 0.6) is 5.88 Å². The molecule has 0 saturated carbocycles. The Bertz CT molecular complexity index is 1220. The zero-order valence-electron chi connectivity index (χ0n) is 14.9. The lowest BCUT2D eigenvalue weighted by molar-refractivity contribution is 0.0831. The first-order valence-electron chi connectivity index (χ1n) is 8.69. The minimum absolute atomic E-state index is 0.186. The molecule has 1 aliphatic heterocycles. The van der Waals surface area contributed by atoms with Crippen molar-refractivity contribution in [2.45, 2.75) is 6.54 Å². The van der Waals surface area contributed by atoms with Gasteiger partial charge in [-0.25, -0.2) is 14.4 Å². The van der Waals surface area contributed by atoms with Crippen molar-refractivity contribution in [2.75, 3.05) is 12.8 Å². The highest BCUT2D eigenvalue weighted by molar-refractivity contribution is 6.12. The fraction of sp³-hybridized carbons (Fsp3) is 0.0952. The lowest BCUT2D eigenvalue weighted by Gasteiger charge is -2.19. The molecule has 6 nitrogen and oxygen atoms in total. The third-order valence-corrected chi connectivity index (χ3v) is 5.07. The molecule has 28 heavy (non-hydrogen) atoms. The number of nitrogens with zero attached hydrogens (tertiary/aromatic N) is 3. The van der Waals surface area contributed by atoms with E-state index in [-0.39, 0.29) is 5.91 Å². The average Bonchev–Trinajstić information content (AvgIpc) is 2.97. The topological polar surface area (TPSA) is 81.3 Å². The van der Waals surface area contributed by atoms with Gasteiger partial charge >= 0.3 is 0 Å². The van der Waals surface area contributed by atoms with Crippen LogP contribution in [0, 0.1) is 5.82 Å². The number of hydrogen-bond donors (Lipinski definition) is 1. The third-order valence-electron chi connectivity index (χ3n) is 5.07. The molecule has 1 amide bonds. The van der Waals surface area contributed by atoms with Crippen LogP contribution in [-0.4, -0.2) is 27.9 Å². The summed E-state index contributed by atoms with van der Waals surface area (Å²) in [6.07, 6.45) is 7.11. The molecule has 7 heteroatoms. The Morgan fingerprint density at radius 3 is 2.68 bits per heavy atom. The standard InChI is InChI=1S/C21H15FN4O2/c1-28-16-8-5-11(9-24-16)17-14(22)7-6-13-19(23)18-15(25-20(13)17)10-26(21(18)27)12-3-2-4-12/h2-9H,10H2,1H3,(H2,23,25). The fourth-order valence-electron chi connectivity index (χ4n) is 3.58. The Hall–Kier alpha value is -3.74. The van der Waals surface area contributed by atoms with Gasteiger partial charge in [-0.05, 0) is 30.4 Å². The summed E-state index contributed by atoms with van der Waals surface area (Å²) < 4.78 is 19.9. The maximum Gasteiger partial charge on any atom is 0.262 e. The number of nitrogens with two attached hydrogens (primary N) is 1. The second kappa shape index (κ2) is 5.88. The molecule has 0 unspecified atom stereocenters. The number of carbonyl (C=O) groups is 1. The van der Waals surface area contributed by atoms with E-state index in [0.717, 1.165) is 5.70 Å². The summed E-state index contributed by atoms with van der Waals surface area (Å²) in [5.41, 5.74) is 9.68. The number of amides is 1. The van der Waals surface area contributed by atoms with Gasteiger partial charge in [-0.3, -0.25) is 4.79 Å². The smallest absolute Gasteiger partial charge is 0.262 e. The number of aromatic nitrogens is 2. The summed E-state index contributed by atoms with van der Waals surface area (Å²) in [4.78, 5) is 23.2. The van der Waals surface area contributed by atoms with Gasteiger partial charge in [-0.1, -0.05) is 6.08 Å². The van der Waals surface area contributed by atoms with E-state index in [4.69, 9.17) is 10.5 Å². The molecule has 2 aromatic heterocycles. The number of allylic oxidation sites excluding steroid dienone is 3. The predicted octanol–water partition coefficient (Wildman–Crippen LogP) is 3.44. The second-order valence-corrected chi connectivity index (χ2v) is 6.60. The van der Waals surface area contributed by atoms with Crippen LogP contribution in [0.15, 0.2) is 54.4 Å². The Morgan fingerprint density at radius 2 is 2.04 bits per heavy atom. The zero-order valence-corrected chi connectivity index (χ0v) is 14.9. The van der Waals surface area contributed by atoms with Gasteiger partial charge in [0.2, 0.25) is 5.88 Å². The van der Waals surface area contributed by atoms with Gasteiger partial charge in [0, 0.05) is 34.5 Å². The normalized spacial score (nSPS) is 14.9. The van der Waals surface area contributed by atoms with Crippen molar-refractivity contribution >= 4 is 22.5 Å². The largest absolute Gasteiger partial charge is 0.481 e. The van der Waals surface area contributed by atoms with E-state index in [1.807, 2.05) is 18.2 Å². The summed E-state index contributed by atoms with van der Waals surface area (Å²) in [5.74, 6) is -0.188. The maximum atomic E-state index is 14.8.